The molecule has 0 saturated heterocycles. The van der Waals surface area contributed by atoms with Crippen LogP contribution in [-0.4, -0.2) is 37.4 Å². The number of nitrogens with zero attached hydrogens (tertiary/aromatic N) is 1. The minimum atomic E-state index is -0.839. The summed E-state index contributed by atoms with van der Waals surface area (Å²) in [5.41, 5.74) is -0.158. The SMILES string of the molecule is CN(C)C(=O)CNC(=O)c1cc(F)cc(F)c1. The number of likely N-dealkylation sites (N-methyl/N-ethyl adjacent to an activating group) is 1. The van der Waals surface area contributed by atoms with Crippen molar-refractivity contribution < 1.29 is 18.4 Å². The summed E-state index contributed by atoms with van der Waals surface area (Å²) in [5.74, 6) is -2.68. The van der Waals surface area contributed by atoms with Gasteiger partial charge in [-0.3, -0.25) is 9.59 Å². The minimum Gasteiger partial charge on any atom is -0.347 e. The van der Waals surface area contributed by atoms with Gasteiger partial charge in [0.25, 0.3) is 5.91 Å². The molecular formula is C11H12F2N2O2. The van der Waals surface area contributed by atoms with Gasteiger partial charge >= 0.3 is 0 Å². The van der Waals surface area contributed by atoms with E-state index in [1.165, 1.54) is 19.0 Å². The molecule has 0 aromatic heterocycles. The lowest BCUT2D eigenvalue weighted by Gasteiger charge is -2.10. The fraction of sp³-hybridized carbons (Fsp3) is 0.273. The summed E-state index contributed by atoms with van der Waals surface area (Å²) < 4.78 is 25.6. The molecule has 0 heterocycles. The van der Waals surface area contributed by atoms with E-state index < -0.39 is 17.5 Å². The second-order valence-electron chi connectivity index (χ2n) is 3.63. The van der Waals surface area contributed by atoms with Gasteiger partial charge in [0.05, 0.1) is 6.54 Å². The summed E-state index contributed by atoms with van der Waals surface area (Å²) in [7, 11) is 3.08. The summed E-state index contributed by atoms with van der Waals surface area (Å²) in [5, 5.41) is 2.27. The fourth-order valence-electron chi connectivity index (χ4n) is 1.10. The van der Waals surface area contributed by atoms with E-state index in [1.807, 2.05) is 0 Å². The molecule has 0 saturated carbocycles. The van der Waals surface area contributed by atoms with Crippen LogP contribution in [0.4, 0.5) is 8.78 Å². The molecule has 1 N–H and O–H groups in total. The molecule has 0 fully saturated rings. The van der Waals surface area contributed by atoms with Crippen LogP contribution in [0, 0.1) is 11.6 Å². The van der Waals surface area contributed by atoms with E-state index in [4.69, 9.17) is 0 Å². The zero-order chi connectivity index (χ0) is 13.0. The van der Waals surface area contributed by atoms with Gasteiger partial charge in [0.2, 0.25) is 5.91 Å². The van der Waals surface area contributed by atoms with Crippen LogP contribution in [0.1, 0.15) is 10.4 Å². The number of hydrogen-bond acceptors (Lipinski definition) is 2. The maximum Gasteiger partial charge on any atom is 0.251 e. The normalized spacial score (nSPS) is 9.88. The fourth-order valence-corrected chi connectivity index (χ4v) is 1.10. The van der Waals surface area contributed by atoms with Crippen molar-refractivity contribution in [2.75, 3.05) is 20.6 Å². The van der Waals surface area contributed by atoms with E-state index in [0.29, 0.717) is 6.07 Å². The minimum absolute atomic E-state index is 0.158. The van der Waals surface area contributed by atoms with E-state index in [0.717, 1.165) is 12.1 Å². The Morgan fingerprint density at radius 2 is 1.71 bits per heavy atom. The Bertz CT molecular complexity index is 427. The second-order valence-corrected chi connectivity index (χ2v) is 3.63. The van der Waals surface area contributed by atoms with Crippen LogP contribution >= 0.6 is 0 Å². The van der Waals surface area contributed by atoms with Crippen molar-refractivity contribution in [3.05, 3.63) is 35.4 Å². The Morgan fingerprint density at radius 1 is 1.18 bits per heavy atom. The van der Waals surface area contributed by atoms with Crippen molar-refractivity contribution in [3.63, 3.8) is 0 Å². The molecule has 0 bridgehead atoms. The summed E-state index contributed by atoms with van der Waals surface area (Å²) in [6, 6.07) is 2.47. The Balaban J connectivity index is 2.67. The zero-order valence-electron chi connectivity index (χ0n) is 9.46. The molecule has 4 nitrogen and oxygen atoms in total. The molecule has 0 aliphatic heterocycles. The first-order valence-electron chi connectivity index (χ1n) is 4.84. The van der Waals surface area contributed by atoms with Gasteiger partial charge in [-0.1, -0.05) is 0 Å². The van der Waals surface area contributed by atoms with Gasteiger partial charge in [-0.25, -0.2) is 8.78 Å². The molecule has 6 heteroatoms. The third-order valence-electron chi connectivity index (χ3n) is 2.02. The maximum absolute atomic E-state index is 12.8. The van der Waals surface area contributed by atoms with Crippen LogP contribution in [0.5, 0.6) is 0 Å². The average molecular weight is 242 g/mol. The molecule has 1 aromatic carbocycles. The van der Waals surface area contributed by atoms with Gasteiger partial charge < -0.3 is 10.2 Å². The highest BCUT2D eigenvalue weighted by molar-refractivity contribution is 5.96. The van der Waals surface area contributed by atoms with Crippen LogP contribution in [0.3, 0.4) is 0 Å². The van der Waals surface area contributed by atoms with E-state index in [2.05, 4.69) is 5.32 Å². The molecule has 2 amide bonds. The Labute approximate surface area is 97.2 Å². The lowest BCUT2D eigenvalue weighted by Crippen LogP contribution is -2.36. The quantitative estimate of drug-likeness (QED) is 0.851. The molecule has 0 atom stereocenters. The molecule has 0 unspecified atom stereocenters. The van der Waals surface area contributed by atoms with Gasteiger partial charge in [0.1, 0.15) is 11.6 Å². The predicted molar refractivity (Wildman–Crippen MR) is 57.4 cm³/mol. The van der Waals surface area contributed by atoms with Crippen molar-refractivity contribution >= 4 is 11.8 Å². The number of hydrogen-bond donors (Lipinski definition) is 1. The molecule has 92 valence electrons. The molecule has 1 aromatic rings. The first kappa shape index (κ1) is 13.1. The lowest BCUT2D eigenvalue weighted by atomic mass is 10.2. The second kappa shape index (κ2) is 5.38. The van der Waals surface area contributed by atoms with Gasteiger partial charge in [-0.15, -0.1) is 0 Å². The van der Waals surface area contributed by atoms with Crippen molar-refractivity contribution in [2.24, 2.45) is 0 Å². The molecule has 0 aliphatic rings. The number of nitrogens with one attached hydrogen (secondary N) is 1. The lowest BCUT2D eigenvalue weighted by molar-refractivity contribution is -0.127. The third-order valence-corrected chi connectivity index (χ3v) is 2.02. The first-order valence-corrected chi connectivity index (χ1v) is 4.84. The highest BCUT2D eigenvalue weighted by atomic mass is 19.1. The van der Waals surface area contributed by atoms with Gasteiger partial charge in [0.15, 0.2) is 0 Å². The van der Waals surface area contributed by atoms with Crippen LogP contribution in [-0.2, 0) is 4.79 Å². The molecular weight excluding hydrogens is 230 g/mol. The number of halogens is 2. The largest absolute Gasteiger partial charge is 0.347 e. The van der Waals surface area contributed by atoms with Crippen LogP contribution in [0.2, 0.25) is 0 Å². The maximum atomic E-state index is 12.8. The number of carbonyl (C=O) groups is 2. The highest BCUT2D eigenvalue weighted by Gasteiger charge is 2.11. The predicted octanol–water partition coefficient (Wildman–Crippen LogP) is 0.783. The van der Waals surface area contributed by atoms with E-state index in [9.17, 15) is 18.4 Å². The summed E-state index contributed by atoms with van der Waals surface area (Å²) in [6.07, 6.45) is 0. The standard InChI is InChI=1S/C11H12F2N2O2/c1-15(2)10(16)6-14-11(17)7-3-8(12)5-9(13)4-7/h3-5H,6H2,1-2H3,(H,14,17). The Morgan fingerprint density at radius 3 is 2.18 bits per heavy atom. The van der Waals surface area contributed by atoms with Crippen molar-refractivity contribution in [3.8, 4) is 0 Å². The van der Waals surface area contributed by atoms with Crippen molar-refractivity contribution in [1.82, 2.24) is 10.2 Å². The van der Waals surface area contributed by atoms with Gasteiger partial charge in [-0.2, -0.15) is 0 Å². The summed E-state index contributed by atoms with van der Waals surface area (Å²) in [6.45, 7) is -0.218. The first-order chi connectivity index (χ1) is 7.90. The van der Waals surface area contributed by atoms with Gasteiger partial charge in [-0.05, 0) is 12.1 Å². The summed E-state index contributed by atoms with van der Waals surface area (Å²) >= 11 is 0. The number of carbonyl (C=O) groups excluding carboxylic acids is 2. The summed E-state index contributed by atoms with van der Waals surface area (Å²) in [4.78, 5) is 23.9. The Hall–Kier alpha value is -1.98. The van der Waals surface area contributed by atoms with Gasteiger partial charge in [0, 0.05) is 25.7 Å². The number of amides is 2. The highest BCUT2D eigenvalue weighted by Crippen LogP contribution is 2.07. The number of rotatable bonds is 3. The van der Waals surface area contributed by atoms with Crippen LogP contribution in [0.15, 0.2) is 18.2 Å². The van der Waals surface area contributed by atoms with E-state index >= 15 is 0 Å². The van der Waals surface area contributed by atoms with E-state index in [-0.39, 0.29) is 18.0 Å². The average Bonchev–Trinajstić information content (AvgIpc) is 2.23. The molecule has 0 spiro atoms. The van der Waals surface area contributed by atoms with Crippen molar-refractivity contribution in [2.45, 2.75) is 0 Å². The van der Waals surface area contributed by atoms with Crippen molar-refractivity contribution in [1.29, 1.82) is 0 Å². The Kier molecular flexibility index (Phi) is 4.14. The third kappa shape index (κ3) is 3.82. The number of benzene rings is 1. The molecule has 0 radical (unpaired) electrons. The zero-order valence-corrected chi connectivity index (χ0v) is 9.46. The molecule has 0 aliphatic carbocycles. The topological polar surface area (TPSA) is 49.4 Å². The van der Waals surface area contributed by atoms with E-state index in [1.54, 1.807) is 0 Å². The molecule has 1 rings (SSSR count). The smallest absolute Gasteiger partial charge is 0.251 e. The van der Waals surface area contributed by atoms with Crippen LogP contribution in [0.25, 0.3) is 0 Å². The molecule has 17 heavy (non-hydrogen) atoms. The van der Waals surface area contributed by atoms with Crippen LogP contribution < -0.4 is 5.32 Å². The monoisotopic (exact) mass is 242 g/mol.